The van der Waals surface area contributed by atoms with Gasteiger partial charge in [-0.15, -0.1) is 0 Å². The molecule has 18 heteroatoms. The maximum Gasteiger partial charge on any atom is 0.326 e. The summed E-state index contributed by atoms with van der Waals surface area (Å²) in [6.45, 7) is 7.39. The summed E-state index contributed by atoms with van der Waals surface area (Å²) in [6, 6.07) is 7.47. The number of hydrogen-bond donors (Lipinski definition) is 10. The lowest BCUT2D eigenvalue weighted by Crippen LogP contribution is -2.60. The van der Waals surface area contributed by atoms with E-state index in [1.54, 1.807) is 0 Å². The van der Waals surface area contributed by atoms with E-state index in [1.807, 2.05) is 58.0 Å². The predicted octanol–water partition coefficient (Wildman–Crippen LogP) is 0.337. The highest BCUT2D eigenvalue weighted by atomic mass is 16.4. The van der Waals surface area contributed by atoms with Crippen LogP contribution in [0, 0.1) is 11.8 Å². The molecule has 6 atom stereocenters. The van der Waals surface area contributed by atoms with Crippen LogP contribution in [0.5, 0.6) is 5.75 Å². The standard InChI is InChI=1S/C41H57N9O9/c1-23(2)16-31(47-36(53)29(42)18-25-8-6-5-7-9-25)39(56)48-32(17-24(3)4)38(55)46-30(14-15-35(43)52)37(54)49-33(20-27-21-44-22-45-27)40(57)50-34(41(58)59)19-26-10-12-28(51)13-11-26/h5-13,21-24,29-34,51H,14-20,42H2,1-4H3,(H2,43,52)(H,44,45)(H,46,55)(H,47,53)(H,48,56)(H,49,54)(H,50,57)(H,58,59)/t29-,30-,31-,32-,33-,34-/m0/s1. The van der Waals surface area contributed by atoms with Crippen molar-refractivity contribution in [1.82, 2.24) is 36.6 Å². The number of primary amides is 1. The molecule has 2 aromatic carbocycles. The van der Waals surface area contributed by atoms with Crippen LogP contribution in [-0.4, -0.2) is 97.8 Å². The van der Waals surface area contributed by atoms with Crippen molar-refractivity contribution in [1.29, 1.82) is 0 Å². The van der Waals surface area contributed by atoms with E-state index in [4.69, 9.17) is 11.5 Å². The Morgan fingerprint density at radius 1 is 0.644 bits per heavy atom. The molecule has 59 heavy (non-hydrogen) atoms. The quantitative estimate of drug-likeness (QED) is 0.0588. The Balaban J connectivity index is 1.81. The number of nitrogens with two attached hydrogens (primary N) is 2. The first-order valence-corrected chi connectivity index (χ1v) is 19.5. The molecule has 0 bridgehead atoms. The van der Waals surface area contributed by atoms with Crippen LogP contribution in [0.25, 0.3) is 0 Å². The Kier molecular flexibility index (Phi) is 18.5. The van der Waals surface area contributed by atoms with Gasteiger partial charge in [0.1, 0.15) is 36.0 Å². The number of H-pyrrole nitrogens is 1. The second kappa shape index (κ2) is 23.2. The van der Waals surface area contributed by atoms with Crippen molar-refractivity contribution in [2.24, 2.45) is 23.3 Å². The second-order valence-corrected chi connectivity index (χ2v) is 15.4. The molecule has 0 aliphatic rings. The van der Waals surface area contributed by atoms with E-state index >= 15 is 0 Å². The number of benzene rings is 2. The molecule has 1 aromatic heterocycles. The molecular formula is C41H57N9O9. The third kappa shape index (κ3) is 16.6. The highest BCUT2D eigenvalue weighted by molar-refractivity contribution is 5.96. The smallest absolute Gasteiger partial charge is 0.326 e. The zero-order valence-electron chi connectivity index (χ0n) is 33.8. The van der Waals surface area contributed by atoms with Crippen LogP contribution in [0.3, 0.4) is 0 Å². The third-order valence-corrected chi connectivity index (χ3v) is 9.23. The number of aromatic amines is 1. The molecule has 0 unspecified atom stereocenters. The monoisotopic (exact) mass is 819 g/mol. The molecule has 3 aromatic rings. The van der Waals surface area contributed by atoms with Gasteiger partial charge in [-0.2, -0.15) is 0 Å². The maximum atomic E-state index is 13.9. The van der Waals surface area contributed by atoms with E-state index in [2.05, 4.69) is 36.6 Å². The van der Waals surface area contributed by atoms with Gasteiger partial charge in [0.25, 0.3) is 0 Å². The van der Waals surface area contributed by atoms with Crippen molar-refractivity contribution >= 4 is 41.4 Å². The van der Waals surface area contributed by atoms with E-state index in [1.165, 1.54) is 36.8 Å². The largest absolute Gasteiger partial charge is 0.508 e. The second-order valence-electron chi connectivity index (χ2n) is 15.4. The van der Waals surface area contributed by atoms with Crippen LogP contribution in [0.4, 0.5) is 0 Å². The molecule has 0 aliphatic heterocycles. The van der Waals surface area contributed by atoms with Gasteiger partial charge in [-0.05, 0) is 60.8 Å². The number of imidazole rings is 1. The fourth-order valence-electron chi connectivity index (χ4n) is 6.18. The Bertz CT molecular complexity index is 1850. The minimum absolute atomic E-state index is 0.0259. The van der Waals surface area contributed by atoms with E-state index in [-0.39, 0.29) is 62.5 Å². The van der Waals surface area contributed by atoms with Crippen LogP contribution in [0.1, 0.15) is 70.2 Å². The van der Waals surface area contributed by atoms with Gasteiger partial charge in [-0.25, -0.2) is 9.78 Å². The lowest BCUT2D eigenvalue weighted by atomic mass is 9.99. The average Bonchev–Trinajstić information content (AvgIpc) is 3.69. The number of phenols is 1. The maximum absolute atomic E-state index is 13.9. The molecule has 0 saturated heterocycles. The van der Waals surface area contributed by atoms with Gasteiger partial charge in [-0.3, -0.25) is 28.8 Å². The zero-order chi connectivity index (χ0) is 43.6. The molecule has 3 rings (SSSR count). The molecular weight excluding hydrogens is 763 g/mol. The summed E-state index contributed by atoms with van der Waals surface area (Å²) < 4.78 is 0. The predicted molar refractivity (Wildman–Crippen MR) is 217 cm³/mol. The summed E-state index contributed by atoms with van der Waals surface area (Å²) in [5, 5.41) is 32.6. The first kappa shape index (κ1) is 47.1. The van der Waals surface area contributed by atoms with Gasteiger partial charge >= 0.3 is 5.97 Å². The van der Waals surface area contributed by atoms with Crippen LogP contribution in [0.15, 0.2) is 67.1 Å². The Morgan fingerprint density at radius 3 is 1.66 bits per heavy atom. The first-order valence-electron chi connectivity index (χ1n) is 19.5. The van der Waals surface area contributed by atoms with Crippen molar-refractivity contribution in [2.45, 2.75) is 109 Å². The zero-order valence-corrected chi connectivity index (χ0v) is 33.8. The fourth-order valence-corrected chi connectivity index (χ4v) is 6.18. The number of aromatic hydroxyl groups is 1. The van der Waals surface area contributed by atoms with Gasteiger partial charge in [-0.1, -0.05) is 70.2 Å². The molecule has 6 amide bonds. The van der Waals surface area contributed by atoms with Crippen molar-refractivity contribution in [3.8, 4) is 5.75 Å². The number of amides is 6. The first-order chi connectivity index (χ1) is 27.9. The number of carboxylic acids is 1. The SMILES string of the molecule is CC(C)C[C@H](NC(=O)[C@H](CC(C)C)NC(=O)[C@@H](N)Cc1ccccc1)C(=O)N[C@@H](CCC(N)=O)C(=O)N[C@@H](Cc1cnc[nH]1)C(=O)N[C@@H](Cc1ccc(O)cc1)C(=O)O. The summed E-state index contributed by atoms with van der Waals surface area (Å²) in [4.78, 5) is 99.3. The Labute approximate surface area is 343 Å². The molecule has 18 nitrogen and oxygen atoms in total. The Hall–Kier alpha value is -6.30. The Morgan fingerprint density at radius 2 is 1.14 bits per heavy atom. The summed E-state index contributed by atoms with van der Waals surface area (Å²) in [6.07, 6.45) is 2.43. The van der Waals surface area contributed by atoms with Crippen LogP contribution < -0.4 is 38.1 Å². The summed E-state index contributed by atoms with van der Waals surface area (Å²) in [5.74, 6) is -6.05. The number of nitrogens with zero attached hydrogens (tertiary/aromatic N) is 1. The molecule has 1 heterocycles. The number of phenolic OH excluding ortho intramolecular Hbond substituents is 1. The van der Waals surface area contributed by atoms with E-state index in [9.17, 15) is 43.8 Å². The van der Waals surface area contributed by atoms with Gasteiger partial charge < -0.3 is 53.2 Å². The number of hydrogen-bond acceptors (Lipinski definition) is 10. The fraction of sp³-hybridized carbons (Fsp3) is 0.463. The number of carbonyl (C=O) groups is 7. The minimum atomic E-state index is -1.44. The van der Waals surface area contributed by atoms with Crippen molar-refractivity contribution in [2.75, 3.05) is 0 Å². The van der Waals surface area contributed by atoms with Crippen LogP contribution in [0.2, 0.25) is 0 Å². The lowest BCUT2D eigenvalue weighted by molar-refractivity contribution is -0.142. The molecule has 12 N–H and O–H groups in total. The van der Waals surface area contributed by atoms with Gasteiger partial charge in [0, 0.05) is 31.2 Å². The van der Waals surface area contributed by atoms with Crippen LogP contribution >= 0.6 is 0 Å². The van der Waals surface area contributed by atoms with Crippen LogP contribution in [-0.2, 0) is 52.8 Å². The van der Waals surface area contributed by atoms with E-state index < -0.39 is 77.7 Å². The molecule has 0 aliphatic carbocycles. The number of aliphatic carboxylic acids is 1. The average molecular weight is 820 g/mol. The van der Waals surface area contributed by atoms with Gasteiger partial charge in [0.2, 0.25) is 35.4 Å². The molecule has 0 saturated carbocycles. The number of aromatic nitrogens is 2. The highest BCUT2D eigenvalue weighted by Crippen LogP contribution is 2.14. The van der Waals surface area contributed by atoms with Gasteiger partial charge in [0.05, 0.1) is 12.4 Å². The molecule has 0 radical (unpaired) electrons. The van der Waals surface area contributed by atoms with Crippen molar-refractivity contribution in [3.05, 3.63) is 83.9 Å². The highest BCUT2D eigenvalue weighted by Gasteiger charge is 2.34. The number of carbonyl (C=O) groups excluding carboxylic acids is 6. The van der Waals surface area contributed by atoms with Crippen molar-refractivity contribution < 1.29 is 43.8 Å². The normalized spacial score (nSPS) is 14.2. The topological polar surface area (TPSA) is 301 Å². The summed E-state index contributed by atoms with van der Waals surface area (Å²) in [5.41, 5.74) is 13.4. The number of rotatable bonds is 24. The summed E-state index contributed by atoms with van der Waals surface area (Å²) in [7, 11) is 0. The minimum Gasteiger partial charge on any atom is -0.508 e. The van der Waals surface area contributed by atoms with Gasteiger partial charge in [0.15, 0.2) is 0 Å². The number of carboxylic acid groups (broad SMARTS) is 1. The lowest BCUT2D eigenvalue weighted by Gasteiger charge is -2.28. The van der Waals surface area contributed by atoms with Crippen molar-refractivity contribution in [3.63, 3.8) is 0 Å². The van der Waals surface area contributed by atoms with E-state index in [0.29, 0.717) is 11.3 Å². The third-order valence-electron chi connectivity index (χ3n) is 9.23. The van der Waals surface area contributed by atoms with E-state index in [0.717, 1.165) is 5.56 Å². The summed E-state index contributed by atoms with van der Waals surface area (Å²) >= 11 is 0. The molecule has 0 spiro atoms. The molecule has 0 fully saturated rings. The number of nitrogens with one attached hydrogen (secondary N) is 6. The molecule has 320 valence electrons.